The molecule has 0 saturated carbocycles. The van der Waals surface area contributed by atoms with E-state index in [0.29, 0.717) is 17.7 Å². The lowest BCUT2D eigenvalue weighted by Crippen LogP contribution is -2.31. The molecule has 0 saturated heterocycles. The van der Waals surface area contributed by atoms with Crippen molar-refractivity contribution in [2.45, 2.75) is 12.5 Å². The Morgan fingerprint density at radius 1 is 0.970 bits per heavy atom. The van der Waals surface area contributed by atoms with Crippen molar-refractivity contribution in [1.82, 2.24) is 10.3 Å². The molecule has 0 radical (unpaired) electrons. The molecule has 0 aromatic heterocycles. The topological polar surface area (TPSA) is 91.2 Å². The standard InChI is InChI=1S/C26H25N3O4/c30-16-15-27-25(31)18-33-24-14-8-7-13-21(24)23-17-22(19-9-3-1-4-10-19)28-29(23)26(32)20-11-5-2-6-12-20/h1-14,23,30H,15-18H2,(H,27,31). The predicted octanol–water partition coefficient (Wildman–Crippen LogP) is 3.17. The van der Waals surface area contributed by atoms with Crippen LogP contribution in [-0.4, -0.2) is 47.4 Å². The van der Waals surface area contributed by atoms with Crippen molar-refractivity contribution in [3.63, 3.8) is 0 Å². The van der Waals surface area contributed by atoms with Crippen molar-refractivity contribution in [1.29, 1.82) is 0 Å². The zero-order valence-corrected chi connectivity index (χ0v) is 18.1. The fourth-order valence-electron chi connectivity index (χ4n) is 3.73. The third kappa shape index (κ3) is 5.27. The fraction of sp³-hybridized carbons (Fsp3) is 0.192. The Kier molecular flexibility index (Phi) is 7.12. The van der Waals surface area contributed by atoms with Gasteiger partial charge in [0.2, 0.25) is 0 Å². The number of rotatable bonds is 8. The summed E-state index contributed by atoms with van der Waals surface area (Å²) in [5.41, 5.74) is 3.07. The SMILES string of the molecule is O=C(COc1ccccc1C1CC(c2ccccc2)=NN1C(=O)c1ccccc1)NCCO. The molecule has 3 aromatic rings. The Morgan fingerprint density at radius 3 is 2.36 bits per heavy atom. The lowest BCUT2D eigenvalue weighted by molar-refractivity contribution is -0.123. The summed E-state index contributed by atoms with van der Waals surface area (Å²) in [6, 6.07) is 25.8. The maximum absolute atomic E-state index is 13.4. The number of para-hydroxylation sites is 1. The summed E-state index contributed by atoms with van der Waals surface area (Å²) >= 11 is 0. The summed E-state index contributed by atoms with van der Waals surface area (Å²) in [5.74, 6) is -0.0252. The van der Waals surface area contributed by atoms with Crippen LogP contribution in [0.3, 0.4) is 0 Å². The van der Waals surface area contributed by atoms with Crippen LogP contribution in [0.15, 0.2) is 90.0 Å². The van der Waals surface area contributed by atoms with Crippen LogP contribution in [0.2, 0.25) is 0 Å². The van der Waals surface area contributed by atoms with E-state index in [0.717, 1.165) is 16.8 Å². The molecule has 1 aliphatic heterocycles. The molecule has 1 aliphatic rings. The van der Waals surface area contributed by atoms with Gasteiger partial charge in [-0.15, -0.1) is 0 Å². The van der Waals surface area contributed by atoms with E-state index in [-0.39, 0.29) is 37.6 Å². The van der Waals surface area contributed by atoms with Gasteiger partial charge in [0.25, 0.3) is 11.8 Å². The second kappa shape index (κ2) is 10.6. The number of carbonyl (C=O) groups excluding carboxylic acids is 2. The van der Waals surface area contributed by atoms with Crippen molar-refractivity contribution >= 4 is 17.5 Å². The number of ether oxygens (including phenoxy) is 1. The van der Waals surface area contributed by atoms with Crippen molar-refractivity contribution in [3.05, 3.63) is 102 Å². The van der Waals surface area contributed by atoms with Gasteiger partial charge >= 0.3 is 0 Å². The molecule has 1 heterocycles. The zero-order valence-electron chi connectivity index (χ0n) is 18.1. The first-order chi connectivity index (χ1) is 16.2. The van der Waals surface area contributed by atoms with E-state index < -0.39 is 0 Å². The van der Waals surface area contributed by atoms with Crippen LogP contribution >= 0.6 is 0 Å². The van der Waals surface area contributed by atoms with Crippen molar-refractivity contribution in [2.24, 2.45) is 5.10 Å². The van der Waals surface area contributed by atoms with Gasteiger partial charge in [-0.25, -0.2) is 5.01 Å². The molecule has 2 N–H and O–H groups in total. The van der Waals surface area contributed by atoms with Crippen LogP contribution in [0.5, 0.6) is 5.75 Å². The Hall–Kier alpha value is -3.97. The molecule has 4 rings (SSSR count). The summed E-state index contributed by atoms with van der Waals surface area (Å²) in [6.07, 6.45) is 0.514. The number of amides is 2. The van der Waals surface area contributed by atoms with Gasteiger partial charge in [0, 0.05) is 24.1 Å². The van der Waals surface area contributed by atoms with Crippen LogP contribution in [-0.2, 0) is 4.79 Å². The van der Waals surface area contributed by atoms with Crippen LogP contribution in [0.1, 0.15) is 33.9 Å². The number of aliphatic hydroxyl groups excluding tert-OH is 1. The molecule has 1 atom stereocenters. The Labute approximate surface area is 192 Å². The quantitative estimate of drug-likeness (QED) is 0.560. The summed E-state index contributed by atoms with van der Waals surface area (Å²) < 4.78 is 5.80. The first-order valence-electron chi connectivity index (χ1n) is 10.8. The van der Waals surface area contributed by atoms with Crippen molar-refractivity contribution in [3.8, 4) is 5.75 Å². The van der Waals surface area contributed by atoms with Crippen LogP contribution in [0.25, 0.3) is 0 Å². The normalized spacial score (nSPS) is 15.1. The Bertz CT molecular complexity index is 1130. The monoisotopic (exact) mass is 443 g/mol. The second-order valence-corrected chi connectivity index (χ2v) is 7.55. The Morgan fingerprint density at radius 2 is 1.64 bits per heavy atom. The molecule has 2 amide bonds. The predicted molar refractivity (Wildman–Crippen MR) is 125 cm³/mol. The first kappa shape index (κ1) is 22.2. The lowest BCUT2D eigenvalue weighted by atomic mass is 9.97. The van der Waals surface area contributed by atoms with Gasteiger partial charge in [0.1, 0.15) is 5.75 Å². The third-order valence-electron chi connectivity index (χ3n) is 5.32. The molecule has 0 bridgehead atoms. The van der Waals surface area contributed by atoms with E-state index in [4.69, 9.17) is 14.9 Å². The summed E-state index contributed by atoms with van der Waals surface area (Å²) in [7, 11) is 0. The number of nitrogens with one attached hydrogen (secondary N) is 1. The van der Waals surface area contributed by atoms with E-state index in [2.05, 4.69) is 5.32 Å². The fourth-order valence-corrected chi connectivity index (χ4v) is 3.73. The maximum Gasteiger partial charge on any atom is 0.274 e. The highest BCUT2D eigenvalue weighted by atomic mass is 16.5. The van der Waals surface area contributed by atoms with Gasteiger partial charge < -0.3 is 15.2 Å². The highest BCUT2D eigenvalue weighted by molar-refractivity contribution is 6.05. The van der Waals surface area contributed by atoms with Crippen LogP contribution in [0.4, 0.5) is 0 Å². The number of hydrogen-bond donors (Lipinski definition) is 2. The number of carbonyl (C=O) groups is 2. The highest BCUT2D eigenvalue weighted by Gasteiger charge is 2.35. The average molecular weight is 444 g/mol. The van der Waals surface area contributed by atoms with E-state index in [1.807, 2.05) is 66.7 Å². The van der Waals surface area contributed by atoms with Gasteiger partial charge in [0.15, 0.2) is 6.61 Å². The second-order valence-electron chi connectivity index (χ2n) is 7.55. The Balaban J connectivity index is 1.64. The number of hydrazone groups is 1. The largest absolute Gasteiger partial charge is 0.483 e. The number of nitrogens with zero attached hydrogens (tertiary/aromatic N) is 2. The summed E-state index contributed by atoms with van der Waals surface area (Å²) in [6.45, 7) is -0.163. The molecule has 7 nitrogen and oxygen atoms in total. The van der Waals surface area contributed by atoms with Crippen LogP contribution in [0, 0.1) is 0 Å². The maximum atomic E-state index is 13.4. The van der Waals surface area contributed by atoms with Gasteiger partial charge in [-0.2, -0.15) is 5.10 Å². The van der Waals surface area contributed by atoms with E-state index >= 15 is 0 Å². The molecule has 3 aromatic carbocycles. The highest BCUT2D eigenvalue weighted by Crippen LogP contribution is 2.38. The molecular formula is C26H25N3O4. The van der Waals surface area contributed by atoms with E-state index in [1.165, 1.54) is 5.01 Å². The molecule has 33 heavy (non-hydrogen) atoms. The molecule has 0 fully saturated rings. The van der Waals surface area contributed by atoms with E-state index in [1.54, 1.807) is 18.2 Å². The molecule has 7 heteroatoms. The van der Waals surface area contributed by atoms with Gasteiger partial charge in [-0.3, -0.25) is 9.59 Å². The molecule has 1 unspecified atom stereocenters. The molecule has 168 valence electrons. The van der Waals surface area contributed by atoms with E-state index in [9.17, 15) is 9.59 Å². The number of aliphatic hydroxyl groups is 1. The smallest absolute Gasteiger partial charge is 0.274 e. The minimum Gasteiger partial charge on any atom is -0.483 e. The van der Waals surface area contributed by atoms with Gasteiger partial charge in [-0.1, -0.05) is 66.7 Å². The number of benzene rings is 3. The first-order valence-corrected chi connectivity index (χ1v) is 10.8. The summed E-state index contributed by atoms with van der Waals surface area (Å²) in [5, 5.41) is 17.7. The number of hydrogen-bond acceptors (Lipinski definition) is 5. The zero-order chi connectivity index (χ0) is 23.0. The van der Waals surface area contributed by atoms with Gasteiger partial charge in [0.05, 0.1) is 18.4 Å². The minimum atomic E-state index is -0.385. The van der Waals surface area contributed by atoms with Crippen molar-refractivity contribution in [2.75, 3.05) is 19.8 Å². The van der Waals surface area contributed by atoms with Crippen molar-refractivity contribution < 1.29 is 19.4 Å². The molecular weight excluding hydrogens is 418 g/mol. The van der Waals surface area contributed by atoms with Crippen LogP contribution < -0.4 is 10.1 Å². The summed E-state index contributed by atoms with van der Waals surface area (Å²) in [4.78, 5) is 25.4. The van der Waals surface area contributed by atoms with Gasteiger partial charge in [-0.05, 0) is 23.8 Å². The average Bonchev–Trinajstić information content (AvgIpc) is 3.32. The molecule has 0 aliphatic carbocycles. The minimum absolute atomic E-state index is 0.138. The third-order valence-corrected chi connectivity index (χ3v) is 5.32. The molecule has 0 spiro atoms. The lowest BCUT2D eigenvalue weighted by Gasteiger charge is -2.24.